The summed E-state index contributed by atoms with van der Waals surface area (Å²) in [6.07, 6.45) is 5.57. The molecule has 0 spiro atoms. The molecule has 0 N–H and O–H groups in total. The molecule has 0 heterocycles. The van der Waals surface area contributed by atoms with Gasteiger partial charge in [-0.15, -0.1) is 0 Å². The first-order valence-corrected chi connectivity index (χ1v) is 7.47. The van der Waals surface area contributed by atoms with E-state index in [4.69, 9.17) is 4.18 Å². The fourth-order valence-corrected chi connectivity index (χ4v) is 3.02. The molecule has 0 bridgehead atoms. The molecule has 18 heavy (non-hydrogen) atoms. The second-order valence-corrected chi connectivity index (χ2v) is 5.73. The lowest BCUT2D eigenvalue weighted by Crippen LogP contribution is -2.22. The van der Waals surface area contributed by atoms with Gasteiger partial charge in [-0.3, -0.25) is 4.79 Å². The maximum Gasteiger partial charge on any atom is 0.321 e. The van der Waals surface area contributed by atoms with Crippen molar-refractivity contribution in [3.8, 4) is 0 Å². The Hall–Kier alpha value is -0.960. The molecule has 0 radical (unpaired) electrons. The van der Waals surface area contributed by atoms with E-state index in [1.807, 2.05) is 30.3 Å². The van der Waals surface area contributed by atoms with Crippen LogP contribution >= 0.6 is 12.0 Å². The first kappa shape index (κ1) is 13.5. The molecule has 1 aromatic rings. The van der Waals surface area contributed by atoms with Crippen molar-refractivity contribution >= 4 is 18.0 Å². The third-order valence-electron chi connectivity index (χ3n) is 3.72. The van der Waals surface area contributed by atoms with Gasteiger partial charge in [-0.2, -0.15) is 0 Å². The van der Waals surface area contributed by atoms with Crippen LogP contribution in [0.3, 0.4) is 0 Å². The van der Waals surface area contributed by atoms with Crippen molar-refractivity contribution < 1.29 is 8.98 Å². The van der Waals surface area contributed by atoms with Crippen molar-refractivity contribution in [2.45, 2.75) is 43.9 Å². The van der Waals surface area contributed by atoms with E-state index in [0.717, 1.165) is 23.7 Å². The smallest absolute Gasteiger partial charge is 0.321 e. The first-order chi connectivity index (χ1) is 8.79. The van der Waals surface area contributed by atoms with Crippen LogP contribution in [0.5, 0.6) is 0 Å². The number of benzene rings is 1. The third-order valence-corrected chi connectivity index (χ3v) is 4.43. The minimum atomic E-state index is -0.0431. The number of hydrogen-bond donors (Lipinski definition) is 0. The Balaban J connectivity index is 1.75. The standard InChI is InChI=1S/C15H20O2S/c1-2-12-8-10-13(11-9-12)15(16)17-18-14-6-4-3-5-7-14/h3-7,12-13H,2,8-11H2,1H3. The van der Waals surface area contributed by atoms with Gasteiger partial charge in [0.05, 0.1) is 18.0 Å². The summed E-state index contributed by atoms with van der Waals surface area (Å²) < 4.78 is 5.31. The van der Waals surface area contributed by atoms with Gasteiger partial charge >= 0.3 is 5.97 Å². The van der Waals surface area contributed by atoms with Gasteiger partial charge in [0.1, 0.15) is 0 Å². The predicted molar refractivity (Wildman–Crippen MR) is 74.1 cm³/mol. The summed E-state index contributed by atoms with van der Waals surface area (Å²) in [5.41, 5.74) is 0. The number of carbonyl (C=O) groups excluding carboxylic acids is 1. The molecule has 0 unspecified atom stereocenters. The summed E-state index contributed by atoms with van der Waals surface area (Å²) in [4.78, 5) is 12.9. The molecule has 98 valence electrons. The number of hydrogen-bond acceptors (Lipinski definition) is 3. The Morgan fingerprint density at radius 3 is 2.50 bits per heavy atom. The lowest BCUT2D eigenvalue weighted by molar-refractivity contribution is -0.138. The molecule has 0 amide bonds. The summed E-state index contributed by atoms with van der Waals surface area (Å²) >= 11 is 1.18. The lowest BCUT2D eigenvalue weighted by Gasteiger charge is -2.25. The summed E-state index contributed by atoms with van der Waals surface area (Å²) in [7, 11) is 0. The van der Waals surface area contributed by atoms with Crippen LogP contribution in [0.15, 0.2) is 35.2 Å². The zero-order valence-corrected chi connectivity index (χ0v) is 11.6. The van der Waals surface area contributed by atoms with Crippen molar-refractivity contribution in [3.05, 3.63) is 30.3 Å². The number of rotatable bonds is 4. The predicted octanol–water partition coefficient (Wildman–Crippen LogP) is 4.45. The average Bonchev–Trinajstić information content (AvgIpc) is 2.46. The van der Waals surface area contributed by atoms with Crippen LogP contribution in [0.25, 0.3) is 0 Å². The van der Waals surface area contributed by atoms with Crippen LogP contribution in [0.2, 0.25) is 0 Å². The zero-order valence-electron chi connectivity index (χ0n) is 10.8. The van der Waals surface area contributed by atoms with Gasteiger partial charge in [-0.25, -0.2) is 0 Å². The Morgan fingerprint density at radius 1 is 1.22 bits per heavy atom. The molecule has 3 heteroatoms. The molecule has 1 saturated carbocycles. The maximum atomic E-state index is 11.9. The second kappa shape index (κ2) is 6.83. The van der Waals surface area contributed by atoms with Gasteiger partial charge in [0.2, 0.25) is 0 Å². The van der Waals surface area contributed by atoms with Crippen LogP contribution in [0.4, 0.5) is 0 Å². The number of carbonyl (C=O) groups is 1. The Morgan fingerprint density at radius 2 is 1.89 bits per heavy atom. The van der Waals surface area contributed by atoms with Crippen LogP contribution in [-0.4, -0.2) is 5.97 Å². The molecule has 1 fully saturated rings. The van der Waals surface area contributed by atoms with Crippen LogP contribution in [0.1, 0.15) is 39.0 Å². The molecule has 0 aromatic heterocycles. The van der Waals surface area contributed by atoms with Crippen LogP contribution in [-0.2, 0) is 8.98 Å². The third kappa shape index (κ3) is 3.77. The molecule has 0 saturated heterocycles. The van der Waals surface area contributed by atoms with E-state index in [-0.39, 0.29) is 11.9 Å². The first-order valence-electron chi connectivity index (χ1n) is 6.73. The van der Waals surface area contributed by atoms with E-state index in [0.29, 0.717) is 0 Å². The van der Waals surface area contributed by atoms with Gasteiger partial charge in [0.25, 0.3) is 0 Å². The average molecular weight is 264 g/mol. The Bertz CT molecular complexity index is 369. The summed E-state index contributed by atoms with van der Waals surface area (Å²) in [5.74, 6) is 0.887. The molecular formula is C15H20O2S. The fraction of sp³-hybridized carbons (Fsp3) is 0.533. The lowest BCUT2D eigenvalue weighted by atomic mass is 9.81. The van der Waals surface area contributed by atoms with Crippen molar-refractivity contribution in [2.24, 2.45) is 11.8 Å². The van der Waals surface area contributed by atoms with Crippen molar-refractivity contribution in [1.29, 1.82) is 0 Å². The van der Waals surface area contributed by atoms with Gasteiger partial charge in [-0.1, -0.05) is 31.5 Å². The van der Waals surface area contributed by atoms with Crippen molar-refractivity contribution in [3.63, 3.8) is 0 Å². The van der Waals surface area contributed by atoms with E-state index < -0.39 is 0 Å². The molecule has 1 aromatic carbocycles. The Labute approximate surface area is 113 Å². The molecule has 0 aliphatic heterocycles. The highest BCUT2D eigenvalue weighted by atomic mass is 32.2. The minimum Gasteiger partial charge on any atom is -0.386 e. The second-order valence-electron chi connectivity index (χ2n) is 4.92. The van der Waals surface area contributed by atoms with E-state index in [9.17, 15) is 4.79 Å². The van der Waals surface area contributed by atoms with Crippen molar-refractivity contribution in [2.75, 3.05) is 0 Å². The van der Waals surface area contributed by atoms with E-state index in [1.54, 1.807) is 0 Å². The molecule has 1 aliphatic rings. The molecule has 2 rings (SSSR count). The Kier molecular flexibility index (Phi) is 5.12. The highest BCUT2D eigenvalue weighted by molar-refractivity contribution is 7.95. The minimum absolute atomic E-state index is 0.0431. The van der Waals surface area contributed by atoms with Crippen LogP contribution < -0.4 is 0 Å². The largest absolute Gasteiger partial charge is 0.386 e. The van der Waals surface area contributed by atoms with E-state index in [1.165, 1.54) is 31.3 Å². The highest BCUT2D eigenvalue weighted by Gasteiger charge is 2.26. The molecular weight excluding hydrogens is 244 g/mol. The maximum absolute atomic E-state index is 11.9. The zero-order chi connectivity index (χ0) is 12.8. The van der Waals surface area contributed by atoms with Gasteiger partial charge in [0.15, 0.2) is 0 Å². The van der Waals surface area contributed by atoms with Gasteiger partial charge in [-0.05, 0) is 43.7 Å². The van der Waals surface area contributed by atoms with Gasteiger partial charge < -0.3 is 4.18 Å². The van der Waals surface area contributed by atoms with E-state index in [2.05, 4.69) is 6.92 Å². The van der Waals surface area contributed by atoms with Crippen LogP contribution in [0, 0.1) is 11.8 Å². The highest BCUT2D eigenvalue weighted by Crippen LogP contribution is 2.32. The summed E-state index contributed by atoms with van der Waals surface area (Å²) in [6.45, 7) is 2.23. The van der Waals surface area contributed by atoms with Crippen molar-refractivity contribution in [1.82, 2.24) is 0 Å². The summed E-state index contributed by atoms with van der Waals surface area (Å²) in [6, 6.07) is 9.75. The monoisotopic (exact) mass is 264 g/mol. The molecule has 2 nitrogen and oxygen atoms in total. The quantitative estimate of drug-likeness (QED) is 0.751. The summed E-state index contributed by atoms with van der Waals surface area (Å²) in [5, 5.41) is 0. The van der Waals surface area contributed by atoms with E-state index >= 15 is 0 Å². The van der Waals surface area contributed by atoms with Gasteiger partial charge in [0, 0.05) is 4.90 Å². The molecule has 1 aliphatic carbocycles. The SMILES string of the molecule is CCC1CCC(C(=O)OSc2ccccc2)CC1. The normalized spacial score (nSPS) is 23.6. The topological polar surface area (TPSA) is 26.3 Å². The fourth-order valence-electron chi connectivity index (χ4n) is 2.44. The molecule has 0 atom stereocenters.